The number of rotatable bonds is 6. The van der Waals surface area contributed by atoms with Crippen LogP contribution in [0.2, 0.25) is 0 Å². The van der Waals surface area contributed by atoms with E-state index in [4.69, 9.17) is 4.74 Å². The minimum atomic E-state index is -0.776. The summed E-state index contributed by atoms with van der Waals surface area (Å²) in [6.45, 7) is 3.65. The highest BCUT2D eigenvalue weighted by Crippen LogP contribution is 2.23. The summed E-state index contributed by atoms with van der Waals surface area (Å²) in [5.74, 6) is 0.131. The Morgan fingerprint density at radius 2 is 1.87 bits per heavy atom. The van der Waals surface area contributed by atoms with E-state index >= 15 is 0 Å². The SMILES string of the molecule is CCc1ccc(OC(C)C(=O)Nc2ccccc2[N+](=O)[O-])cc1. The average Bonchev–Trinajstić information content (AvgIpc) is 2.55. The van der Waals surface area contributed by atoms with Crippen LogP contribution in [0.15, 0.2) is 48.5 Å². The molecule has 120 valence electrons. The predicted molar refractivity (Wildman–Crippen MR) is 87.6 cm³/mol. The van der Waals surface area contributed by atoms with Gasteiger partial charge in [-0.15, -0.1) is 0 Å². The Morgan fingerprint density at radius 1 is 1.22 bits per heavy atom. The number of nitrogens with zero attached hydrogens (tertiary/aromatic N) is 1. The van der Waals surface area contributed by atoms with E-state index in [-0.39, 0.29) is 11.4 Å². The molecule has 2 rings (SSSR count). The van der Waals surface area contributed by atoms with Gasteiger partial charge >= 0.3 is 0 Å². The summed E-state index contributed by atoms with van der Waals surface area (Å²) in [6, 6.07) is 13.5. The minimum Gasteiger partial charge on any atom is -0.481 e. The van der Waals surface area contributed by atoms with E-state index in [2.05, 4.69) is 12.2 Å². The van der Waals surface area contributed by atoms with Crippen molar-refractivity contribution < 1.29 is 14.5 Å². The smallest absolute Gasteiger partial charge is 0.292 e. The number of amides is 1. The summed E-state index contributed by atoms with van der Waals surface area (Å²) < 4.78 is 5.57. The first kappa shape index (κ1) is 16.5. The van der Waals surface area contributed by atoms with Crippen molar-refractivity contribution in [1.29, 1.82) is 0 Å². The Hall–Kier alpha value is -2.89. The van der Waals surface area contributed by atoms with Crippen LogP contribution in [-0.4, -0.2) is 16.9 Å². The largest absolute Gasteiger partial charge is 0.481 e. The monoisotopic (exact) mass is 314 g/mol. The van der Waals surface area contributed by atoms with Crippen LogP contribution in [0.3, 0.4) is 0 Å². The Labute approximate surface area is 134 Å². The summed E-state index contributed by atoms with van der Waals surface area (Å²) in [4.78, 5) is 22.6. The van der Waals surface area contributed by atoms with Crippen LogP contribution in [0.1, 0.15) is 19.4 Å². The molecule has 1 atom stereocenters. The third kappa shape index (κ3) is 4.29. The molecule has 2 aromatic carbocycles. The second kappa shape index (κ2) is 7.40. The molecule has 23 heavy (non-hydrogen) atoms. The fourth-order valence-corrected chi connectivity index (χ4v) is 2.03. The van der Waals surface area contributed by atoms with Gasteiger partial charge in [0.25, 0.3) is 11.6 Å². The molecule has 0 saturated carbocycles. The van der Waals surface area contributed by atoms with Crippen LogP contribution in [-0.2, 0) is 11.2 Å². The first-order chi connectivity index (χ1) is 11.0. The first-order valence-corrected chi connectivity index (χ1v) is 7.31. The summed E-state index contributed by atoms with van der Waals surface area (Å²) in [5, 5.41) is 13.5. The highest BCUT2D eigenvalue weighted by atomic mass is 16.6. The van der Waals surface area contributed by atoms with Crippen molar-refractivity contribution in [3.05, 3.63) is 64.2 Å². The van der Waals surface area contributed by atoms with Crippen LogP contribution < -0.4 is 10.1 Å². The number of nitrogens with one attached hydrogen (secondary N) is 1. The van der Waals surface area contributed by atoms with Gasteiger partial charge in [-0.05, 0) is 37.1 Å². The predicted octanol–water partition coefficient (Wildman–Crippen LogP) is 3.56. The van der Waals surface area contributed by atoms with Gasteiger partial charge in [0, 0.05) is 6.07 Å². The van der Waals surface area contributed by atoms with E-state index in [1.54, 1.807) is 31.2 Å². The molecular weight excluding hydrogens is 296 g/mol. The molecule has 2 aromatic rings. The highest BCUT2D eigenvalue weighted by Gasteiger charge is 2.19. The highest BCUT2D eigenvalue weighted by molar-refractivity contribution is 5.96. The van der Waals surface area contributed by atoms with E-state index in [1.807, 2.05) is 12.1 Å². The number of hydrogen-bond acceptors (Lipinski definition) is 4. The molecular formula is C17H18N2O4. The van der Waals surface area contributed by atoms with Crippen molar-refractivity contribution in [2.24, 2.45) is 0 Å². The molecule has 0 bridgehead atoms. The van der Waals surface area contributed by atoms with Gasteiger partial charge in [-0.3, -0.25) is 14.9 Å². The standard InChI is InChI=1S/C17H18N2O4/c1-3-13-8-10-14(11-9-13)23-12(2)17(20)18-15-6-4-5-7-16(15)19(21)22/h4-12H,3H2,1-2H3,(H,18,20). The van der Waals surface area contributed by atoms with E-state index in [0.29, 0.717) is 5.75 Å². The minimum absolute atomic E-state index is 0.152. The van der Waals surface area contributed by atoms with Crippen molar-refractivity contribution in [2.45, 2.75) is 26.4 Å². The lowest BCUT2D eigenvalue weighted by Gasteiger charge is -2.15. The number of nitro groups is 1. The summed E-state index contributed by atoms with van der Waals surface area (Å²) in [5.41, 5.74) is 1.17. The normalized spacial score (nSPS) is 11.6. The van der Waals surface area contributed by atoms with Gasteiger partial charge in [0.2, 0.25) is 0 Å². The van der Waals surface area contributed by atoms with Crippen LogP contribution in [0.5, 0.6) is 5.75 Å². The summed E-state index contributed by atoms with van der Waals surface area (Å²) in [6.07, 6.45) is 0.149. The molecule has 0 radical (unpaired) electrons. The number of anilines is 1. The second-order valence-electron chi connectivity index (χ2n) is 5.02. The third-order valence-corrected chi connectivity index (χ3v) is 3.37. The van der Waals surface area contributed by atoms with E-state index in [9.17, 15) is 14.9 Å². The maximum atomic E-state index is 12.2. The fraction of sp³-hybridized carbons (Fsp3) is 0.235. The lowest BCUT2D eigenvalue weighted by atomic mass is 10.2. The molecule has 1 N–H and O–H groups in total. The van der Waals surface area contributed by atoms with Crippen molar-refractivity contribution in [3.8, 4) is 5.75 Å². The fourth-order valence-electron chi connectivity index (χ4n) is 2.03. The average molecular weight is 314 g/mol. The summed E-state index contributed by atoms with van der Waals surface area (Å²) >= 11 is 0. The molecule has 6 heteroatoms. The van der Waals surface area contributed by atoms with Crippen LogP contribution in [0.25, 0.3) is 0 Å². The molecule has 0 aliphatic heterocycles. The van der Waals surface area contributed by atoms with Gasteiger partial charge in [-0.1, -0.05) is 31.2 Å². The van der Waals surface area contributed by atoms with Crippen molar-refractivity contribution in [3.63, 3.8) is 0 Å². The number of benzene rings is 2. The Kier molecular flexibility index (Phi) is 5.30. The van der Waals surface area contributed by atoms with Gasteiger partial charge in [0.15, 0.2) is 6.10 Å². The lowest BCUT2D eigenvalue weighted by molar-refractivity contribution is -0.383. The number of hydrogen-bond donors (Lipinski definition) is 1. The molecule has 0 heterocycles. The van der Waals surface area contributed by atoms with Crippen LogP contribution in [0.4, 0.5) is 11.4 Å². The van der Waals surface area contributed by atoms with E-state index in [1.165, 1.54) is 17.7 Å². The van der Waals surface area contributed by atoms with Gasteiger partial charge in [-0.25, -0.2) is 0 Å². The number of para-hydroxylation sites is 2. The number of nitro benzene ring substituents is 1. The molecule has 0 saturated heterocycles. The summed E-state index contributed by atoms with van der Waals surface area (Å²) in [7, 11) is 0. The van der Waals surface area contributed by atoms with Crippen molar-refractivity contribution >= 4 is 17.3 Å². The maximum Gasteiger partial charge on any atom is 0.292 e. The maximum absolute atomic E-state index is 12.2. The molecule has 0 fully saturated rings. The lowest BCUT2D eigenvalue weighted by Crippen LogP contribution is -2.30. The van der Waals surface area contributed by atoms with Gasteiger partial charge in [-0.2, -0.15) is 0 Å². The molecule has 1 unspecified atom stereocenters. The van der Waals surface area contributed by atoms with Gasteiger partial charge < -0.3 is 10.1 Å². The number of ether oxygens (including phenoxy) is 1. The Balaban J connectivity index is 2.04. The van der Waals surface area contributed by atoms with Crippen molar-refractivity contribution in [1.82, 2.24) is 0 Å². The van der Waals surface area contributed by atoms with Crippen LogP contribution in [0, 0.1) is 10.1 Å². The zero-order chi connectivity index (χ0) is 16.8. The zero-order valence-corrected chi connectivity index (χ0v) is 13.0. The molecule has 1 amide bonds. The molecule has 0 aromatic heterocycles. The Bertz CT molecular complexity index is 698. The topological polar surface area (TPSA) is 81.5 Å². The Morgan fingerprint density at radius 3 is 2.48 bits per heavy atom. The second-order valence-corrected chi connectivity index (χ2v) is 5.02. The quantitative estimate of drug-likeness (QED) is 0.653. The number of carbonyl (C=O) groups excluding carboxylic acids is 1. The molecule has 0 aliphatic carbocycles. The van der Waals surface area contributed by atoms with Gasteiger partial charge in [0.05, 0.1) is 4.92 Å². The third-order valence-electron chi connectivity index (χ3n) is 3.37. The zero-order valence-electron chi connectivity index (χ0n) is 13.0. The molecule has 6 nitrogen and oxygen atoms in total. The first-order valence-electron chi connectivity index (χ1n) is 7.31. The van der Waals surface area contributed by atoms with Crippen LogP contribution >= 0.6 is 0 Å². The van der Waals surface area contributed by atoms with E-state index in [0.717, 1.165) is 6.42 Å². The van der Waals surface area contributed by atoms with Gasteiger partial charge in [0.1, 0.15) is 11.4 Å². The van der Waals surface area contributed by atoms with E-state index < -0.39 is 16.9 Å². The van der Waals surface area contributed by atoms with Crippen molar-refractivity contribution in [2.75, 3.05) is 5.32 Å². The molecule has 0 aliphatic rings. The molecule has 0 spiro atoms. The number of aryl methyl sites for hydroxylation is 1. The number of carbonyl (C=O) groups is 1.